The van der Waals surface area contributed by atoms with Crippen LogP contribution in [0, 0.1) is 13.8 Å². The fourth-order valence-corrected chi connectivity index (χ4v) is 5.13. The summed E-state index contributed by atoms with van der Waals surface area (Å²) in [5.74, 6) is -0.258. The molecule has 2 aromatic heterocycles. The molecule has 0 unspecified atom stereocenters. The van der Waals surface area contributed by atoms with Gasteiger partial charge in [0.1, 0.15) is 0 Å². The summed E-state index contributed by atoms with van der Waals surface area (Å²) in [4.78, 5) is 22.8. The van der Waals surface area contributed by atoms with E-state index in [0.717, 1.165) is 22.2 Å². The van der Waals surface area contributed by atoms with Gasteiger partial charge in [0.15, 0.2) is 5.13 Å². The van der Waals surface area contributed by atoms with Gasteiger partial charge in [-0.15, -0.1) is 11.3 Å². The lowest BCUT2D eigenvalue weighted by Gasteiger charge is -2.11. The van der Waals surface area contributed by atoms with E-state index in [2.05, 4.69) is 42.3 Å². The molecule has 0 bridgehead atoms. The van der Waals surface area contributed by atoms with E-state index in [-0.39, 0.29) is 5.91 Å². The standard InChI is InChI=1S/C27H19Cl2N3OS/c1-15-7-9-18(16(2)11-15)25-14-34-27(31-25)32-26(33)21-13-24(20-10-8-17(28)12-22(20)29)30-23-6-4-3-5-19(21)23/h3-14H,1-2H3,(H,31,32,33). The molecule has 0 aliphatic heterocycles. The van der Waals surface area contributed by atoms with E-state index in [0.29, 0.717) is 37.5 Å². The van der Waals surface area contributed by atoms with Gasteiger partial charge in [0.2, 0.25) is 0 Å². The van der Waals surface area contributed by atoms with Gasteiger partial charge in [-0.25, -0.2) is 9.97 Å². The number of aryl methyl sites for hydroxylation is 2. The predicted octanol–water partition coefficient (Wildman–Crippen LogP) is 8.20. The Bertz CT molecular complexity index is 1560. The highest BCUT2D eigenvalue weighted by Gasteiger charge is 2.17. The van der Waals surface area contributed by atoms with Crippen LogP contribution in [0.15, 0.2) is 72.1 Å². The molecule has 3 aromatic carbocycles. The number of hydrogen-bond donors (Lipinski definition) is 1. The first kappa shape index (κ1) is 22.5. The first-order valence-corrected chi connectivity index (χ1v) is 12.2. The van der Waals surface area contributed by atoms with Crippen molar-refractivity contribution in [2.24, 2.45) is 0 Å². The number of halogens is 2. The van der Waals surface area contributed by atoms with E-state index < -0.39 is 0 Å². The van der Waals surface area contributed by atoms with Gasteiger partial charge >= 0.3 is 0 Å². The quantitative estimate of drug-likeness (QED) is 0.268. The second-order valence-corrected chi connectivity index (χ2v) is 9.71. The summed E-state index contributed by atoms with van der Waals surface area (Å²) in [7, 11) is 0. The van der Waals surface area contributed by atoms with Gasteiger partial charge in [-0.05, 0) is 49.7 Å². The highest BCUT2D eigenvalue weighted by atomic mass is 35.5. The molecule has 168 valence electrons. The molecule has 0 aliphatic carbocycles. The molecule has 2 heterocycles. The Morgan fingerprint density at radius 1 is 0.882 bits per heavy atom. The first-order valence-electron chi connectivity index (χ1n) is 10.6. The lowest BCUT2D eigenvalue weighted by Crippen LogP contribution is -2.13. The number of pyridine rings is 1. The number of aromatic nitrogens is 2. The molecule has 1 amide bonds. The molecule has 1 N–H and O–H groups in total. The maximum absolute atomic E-state index is 13.4. The van der Waals surface area contributed by atoms with Crippen LogP contribution in [-0.2, 0) is 0 Å². The maximum Gasteiger partial charge on any atom is 0.258 e. The molecule has 0 atom stereocenters. The van der Waals surface area contributed by atoms with Crippen LogP contribution in [-0.4, -0.2) is 15.9 Å². The van der Waals surface area contributed by atoms with Crippen LogP contribution >= 0.6 is 34.5 Å². The van der Waals surface area contributed by atoms with E-state index in [1.54, 1.807) is 24.3 Å². The zero-order valence-electron chi connectivity index (χ0n) is 18.4. The summed E-state index contributed by atoms with van der Waals surface area (Å²) in [5, 5.41) is 7.21. The Kier molecular flexibility index (Phi) is 6.09. The third-order valence-corrected chi connectivity index (χ3v) is 6.86. The number of carbonyl (C=O) groups excluding carboxylic acids is 1. The van der Waals surface area contributed by atoms with Crippen molar-refractivity contribution in [2.75, 3.05) is 5.32 Å². The van der Waals surface area contributed by atoms with Gasteiger partial charge in [-0.1, -0.05) is 65.2 Å². The predicted molar refractivity (Wildman–Crippen MR) is 142 cm³/mol. The average Bonchev–Trinajstić information content (AvgIpc) is 3.26. The van der Waals surface area contributed by atoms with E-state index in [1.165, 1.54) is 16.9 Å². The summed E-state index contributed by atoms with van der Waals surface area (Å²) in [6.45, 7) is 4.13. The summed E-state index contributed by atoms with van der Waals surface area (Å²) < 4.78 is 0. The van der Waals surface area contributed by atoms with Crippen LogP contribution < -0.4 is 5.32 Å². The van der Waals surface area contributed by atoms with Crippen molar-refractivity contribution in [3.05, 3.63) is 98.8 Å². The number of nitrogens with one attached hydrogen (secondary N) is 1. The normalized spacial score (nSPS) is 11.1. The van der Waals surface area contributed by atoms with Gasteiger partial charge in [0.05, 0.1) is 27.5 Å². The van der Waals surface area contributed by atoms with Crippen molar-refractivity contribution in [2.45, 2.75) is 13.8 Å². The zero-order valence-corrected chi connectivity index (χ0v) is 20.7. The minimum atomic E-state index is -0.258. The highest BCUT2D eigenvalue weighted by molar-refractivity contribution is 7.14. The number of hydrogen-bond acceptors (Lipinski definition) is 4. The Labute approximate surface area is 211 Å². The highest BCUT2D eigenvalue weighted by Crippen LogP contribution is 2.33. The molecular weight excluding hydrogens is 485 g/mol. The number of para-hydroxylation sites is 1. The molecule has 0 spiro atoms. The molecule has 0 saturated heterocycles. The van der Waals surface area contributed by atoms with Crippen molar-refractivity contribution in [3.63, 3.8) is 0 Å². The fourth-order valence-electron chi connectivity index (χ4n) is 3.92. The zero-order chi connectivity index (χ0) is 23.8. The monoisotopic (exact) mass is 503 g/mol. The molecule has 4 nitrogen and oxygen atoms in total. The van der Waals surface area contributed by atoms with Gasteiger partial charge in [0, 0.05) is 26.9 Å². The van der Waals surface area contributed by atoms with Crippen LogP contribution in [0.1, 0.15) is 21.5 Å². The number of nitrogens with zero attached hydrogens (tertiary/aromatic N) is 2. The number of rotatable bonds is 4. The van der Waals surface area contributed by atoms with E-state index in [9.17, 15) is 4.79 Å². The van der Waals surface area contributed by atoms with Crippen molar-refractivity contribution in [1.29, 1.82) is 0 Å². The molecule has 34 heavy (non-hydrogen) atoms. The van der Waals surface area contributed by atoms with E-state index in [1.807, 2.05) is 29.6 Å². The molecule has 0 radical (unpaired) electrons. The van der Waals surface area contributed by atoms with Crippen molar-refractivity contribution in [1.82, 2.24) is 9.97 Å². The number of thiazole rings is 1. The second-order valence-electron chi connectivity index (χ2n) is 8.01. The van der Waals surface area contributed by atoms with Gasteiger partial charge < -0.3 is 0 Å². The van der Waals surface area contributed by atoms with Gasteiger partial charge in [0.25, 0.3) is 5.91 Å². The third-order valence-electron chi connectivity index (χ3n) is 5.55. The van der Waals surface area contributed by atoms with E-state index in [4.69, 9.17) is 28.2 Å². The van der Waals surface area contributed by atoms with Crippen LogP contribution in [0.4, 0.5) is 5.13 Å². The summed E-state index contributed by atoms with van der Waals surface area (Å²) in [5.41, 5.74) is 6.74. The average molecular weight is 504 g/mol. The SMILES string of the molecule is Cc1ccc(-c2csc(NC(=O)c3cc(-c4ccc(Cl)cc4Cl)nc4ccccc34)n2)c(C)c1. The summed E-state index contributed by atoms with van der Waals surface area (Å²) in [6.07, 6.45) is 0. The number of benzene rings is 3. The van der Waals surface area contributed by atoms with Gasteiger partial charge in [-0.3, -0.25) is 10.1 Å². The Hall–Kier alpha value is -3.25. The second kappa shape index (κ2) is 9.18. The lowest BCUT2D eigenvalue weighted by molar-refractivity contribution is 0.102. The lowest BCUT2D eigenvalue weighted by atomic mass is 10.0. The molecular formula is C27H19Cl2N3OS. The Morgan fingerprint density at radius 3 is 2.47 bits per heavy atom. The summed E-state index contributed by atoms with van der Waals surface area (Å²) >= 11 is 13.9. The van der Waals surface area contributed by atoms with Gasteiger partial charge in [-0.2, -0.15) is 0 Å². The minimum Gasteiger partial charge on any atom is -0.298 e. The number of carbonyl (C=O) groups is 1. The fraction of sp³-hybridized carbons (Fsp3) is 0.0741. The Morgan fingerprint density at radius 2 is 1.68 bits per heavy atom. The van der Waals surface area contributed by atoms with Crippen LogP contribution in [0.25, 0.3) is 33.4 Å². The third kappa shape index (κ3) is 4.42. The molecule has 0 fully saturated rings. The molecule has 0 aliphatic rings. The minimum absolute atomic E-state index is 0.258. The molecule has 5 rings (SSSR count). The number of anilines is 1. The van der Waals surface area contributed by atoms with Crippen LogP contribution in [0.5, 0.6) is 0 Å². The Balaban J connectivity index is 1.52. The smallest absolute Gasteiger partial charge is 0.258 e. The summed E-state index contributed by atoms with van der Waals surface area (Å²) in [6, 6.07) is 20.8. The molecule has 5 aromatic rings. The molecule has 7 heteroatoms. The number of amides is 1. The largest absolute Gasteiger partial charge is 0.298 e. The van der Waals surface area contributed by atoms with Crippen LogP contribution in [0.2, 0.25) is 10.0 Å². The molecule has 0 saturated carbocycles. The van der Waals surface area contributed by atoms with Crippen molar-refractivity contribution >= 4 is 56.5 Å². The van der Waals surface area contributed by atoms with E-state index >= 15 is 0 Å². The maximum atomic E-state index is 13.4. The van der Waals surface area contributed by atoms with Crippen molar-refractivity contribution < 1.29 is 4.79 Å². The van der Waals surface area contributed by atoms with Crippen molar-refractivity contribution in [3.8, 4) is 22.5 Å². The first-order chi connectivity index (χ1) is 16.4. The van der Waals surface area contributed by atoms with Crippen LogP contribution in [0.3, 0.4) is 0 Å². The topological polar surface area (TPSA) is 54.9 Å². The number of fused-ring (bicyclic) bond motifs is 1.